The van der Waals surface area contributed by atoms with Gasteiger partial charge in [-0.1, -0.05) is 62.2 Å². The van der Waals surface area contributed by atoms with Crippen LogP contribution < -0.4 is 15.8 Å². The van der Waals surface area contributed by atoms with Crippen molar-refractivity contribution < 1.29 is 24.5 Å². The SMILES string of the molecule is CCCCCC=CC(=O)CCc1ccc(O)c(OCCc2ccc(O)c(C(CC(=O)c3cc[nH]c3)c3ccc4c(c3)C=CNC4N)c2)c1. The molecule has 2 atom stereocenters. The minimum absolute atomic E-state index is 0.0343. The van der Waals surface area contributed by atoms with E-state index >= 15 is 0 Å². The van der Waals surface area contributed by atoms with Gasteiger partial charge in [0.1, 0.15) is 11.9 Å². The highest BCUT2D eigenvalue weighted by Gasteiger charge is 2.24. The van der Waals surface area contributed by atoms with Crippen LogP contribution in [0.15, 0.2) is 91.4 Å². The molecule has 5 rings (SSSR count). The normalized spacial score (nSPS) is 14.4. The quantitative estimate of drug-likeness (QED) is 0.0452. The van der Waals surface area contributed by atoms with E-state index < -0.39 is 5.92 Å². The number of aryl methyl sites for hydroxylation is 1. The number of aromatic amines is 1. The van der Waals surface area contributed by atoms with Crippen molar-refractivity contribution in [2.75, 3.05) is 6.61 Å². The Kier molecular flexibility index (Phi) is 11.9. The van der Waals surface area contributed by atoms with E-state index in [2.05, 4.69) is 17.2 Å². The van der Waals surface area contributed by atoms with Gasteiger partial charge in [0.2, 0.25) is 0 Å². The predicted molar refractivity (Wildman–Crippen MR) is 189 cm³/mol. The number of hydrogen-bond donors (Lipinski definition) is 5. The lowest BCUT2D eigenvalue weighted by molar-refractivity contribution is -0.114. The molecular weight excluding hydrogens is 602 g/mol. The number of carbonyl (C=O) groups is 2. The van der Waals surface area contributed by atoms with Crippen LogP contribution in [0.3, 0.4) is 0 Å². The van der Waals surface area contributed by atoms with Crippen LogP contribution in [0, 0.1) is 0 Å². The molecule has 0 bridgehead atoms. The molecular formula is C40H45N3O5. The van der Waals surface area contributed by atoms with E-state index in [1.807, 2.05) is 54.8 Å². The molecule has 2 unspecified atom stereocenters. The maximum atomic E-state index is 13.3. The van der Waals surface area contributed by atoms with Crippen LogP contribution in [-0.2, 0) is 17.6 Å². The van der Waals surface area contributed by atoms with Gasteiger partial charge in [0.15, 0.2) is 23.1 Å². The number of aromatic nitrogens is 1. The number of nitrogens with two attached hydrogens (primary N) is 1. The Morgan fingerprint density at radius 1 is 0.979 bits per heavy atom. The first kappa shape index (κ1) is 34.3. The fraction of sp³-hybridized carbons (Fsp3) is 0.300. The monoisotopic (exact) mass is 647 g/mol. The van der Waals surface area contributed by atoms with Gasteiger partial charge in [-0.3, -0.25) is 9.59 Å². The lowest BCUT2D eigenvalue weighted by Gasteiger charge is -2.24. The molecule has 8 heteroatoms. The van der Waals surface area contributed by atoms with Crippen molar-refractivity contribution in [2.45, 2.75) is 70.4 Å². The van der Waals surface area contributed by atoms with Crippen LogP contribution in [0.5, 0.6) is 17.2 Å². The van der Waals surface area contributed by atoms with Crippen molar-refractivity contribution in [3.63, 3.8) is 0 Å². The van der Waals surface area contributed by atoms with Crippen LogP contribution in [-0.4, -0.2) is 33.4 Å². The summed E-state index contributed by atoms with van der Waals surface area (Å²) in [6.07, 6.45) is 16.4. The van der Waals surface area contributed by atoms with Gasteiger partial charge in [-0.25, -0.2) is 0 Å². The lowest BCUT2D eigenvalue weighted by Crippen LogP contribution is -2.27. The van der Waals surface area contributed by atoms with Crippen molar-refractivity contribution in [3.05, 3.63) is 130 Å². The molecule has 1 aromatic heterocycles. The number of ketones is 2. The molecule has 250 valence electrons. The van der Waals surface area contributed by atoms with Crippen molar-refractivity contribution in [3.8, 4) is 17.2 Å². The third-order valence-electron chi connectivity index (χ3n) is 8.77. The summed E-state index contributed by atoms with van der Waals surface area (Å²) in [5.74, 6) is 0.138. The number of fused-ring (bicyclic) bond motifs is 1. The first-order chi connectivity index (χ1) is 23.3. The third-order valence-corrected chi connectivity index (χ3v) is 8.77. The molecule has 0 spiro atoms. The van der Waals surface area contributed by atoms with E-state index in [4.69, 9.17) is 10.5 Å². The molecule has 0 amide bonds. The summed E-state index contributed by atoms with van der Waals surface area (Å²) in [7, 11) is 0. The van der Waals surface area contributed by atoms with Gasteiger partial charge in [-0.05, 0) is 89.7 Å². The number of H-pyrrole nitrogens is 1. The van der Waals surface area contributed by atoms with Gasteiger partial charge in [0.05, 0.1) is 6.61 Å². The number of nitrogens with one attached hydrogen (secondary N) is 2. The summed E-state index contributed by atoms with van der Waals surface area (Å²) < 4.78 is 6.00. The summed E-state index contributed by atoms with van der Waals surface area (Å²) >= 11 is 0. The lowest BCUT2D eigenvalue weighted by atomic mass is 9.83. The van der Waals surface area contributed by atoms with Gasteiger partial charge in [-0.2, -0.15) is 0 Å². The highest BCUT2D eigenvalue weighted by molar-refractivity contribution is 5.96. The standard InChI is InChI=1S/C40H45N3O5/c1-2-3-4-5-6-7-32(44)12-8-27-10-15-37(46)39(23-27)48-21-18-28-9-14-36(45)35(22-28)34(25-38(47)31-16-19-42-26-31)29-11-13-33-30(24-29)17-20-43-40(33)41/h6-7,9-11,13-17,19-20,22-24,26,34,40,42-43,45-46H,2-5,8,12,18,21,25,41H2,1H3. The zero-order valence-electron chi connectivity index (χ0n) is 27.5. The molecule has 0 radical (unpaired) electrons. The summed E-state index contributed by atoms with van der Waals surface area (Å²) in [6, 6.07) is 18.3. The molecule has 0 saturated heterocycles. The smallest absolute Gasteiger partial charge is 0.165 e. The van der Waals surface area contributed by atoms with Crippen molar-refractivity contribution in [1.29, 1.82) is 0 Å². The summed E-state index contributed by atoms with van der Waals surface area (Å²) in [5, 5.41) is 24.6. The number of hydrogen-bond acceptors (Lipinski definition) is 7. The number of allylic oxidation sites excluding steroid dienone is 2. The molecule has 0 fully saturated rings. The van der Waals surface area contributed by atoms with Gasteiger partial charge in [0.25, 0.3) is 0 Å². The molecule has 6 N–H and O–H groups in total. The van der Waals surface area contributed by atoms with Gasteiger partial charge in [0, 0.05) is 48.7 Å². The zero-order valence-corrected chi connectivity index (χ0v) is 27.5. The minimum atomic E-state index is -0.410. The average Bonchev–Trinajstić information content (AvgIpc) is 3.64. The molecule has 48 heavy (non-hydrogen) atoms. The minimum Gasteiger partial charge on any atom is -0.508 e. The largest absolute Gasteiger partial charge is 0.508 e. The first-order valence-electron chi connectivity index (χ1n) is 16.8. The number of rotatable bonds is 17. The summed E-state index contributed by atoms with van der Waals surface area (Å²) in [4.78, 5) is 28.6. The van der Waals surface area contributed by atoms with Crippen LogP contribution in [0.2, 0.25) is 0 Å². The second-order valence-electron chi connectivity index (χ2n) is 12.3. The number of phenolic OH excluding ortho intramolecular Hbond substituents is 2. The molecule has 2 heterocycles. The molecule has 1 aliphatic heterocycles. The Morgan fingerprint density at radius 2 is 1.79 bits per heavy atom. The number of aromatic hydroxyl groups is 2. The van der Waals surface area contributed by atoms with E-state index in [0.717, 1.165) is 47.1 Å². The van der Waals surface area contributed by atoms with E-state index in [-0.39, 0.29) is 42.3 Å². The number of carbonyl (C=O) groups excluding carboxylic acids is 2. The fourth-order valence-electron chi connectivity index (χ4n) is 6.00. The number of phenols is 2. The van der Waals surface area contributed by atoms with Crippen LogP contribution in [0.4, 0.5) is 0 Å². The highest BCUT2D eigenvalue weighted by Crippen LogP contribution is 2.37. The van der Waals surface area contributed by atoms with Gasteiger partial charge >= 0.3 is 0 Å². The summed E-state index contributed by atoms with van der Waals surface area (Å²) in [5.41, 5.74) is 12.1. The van der Waals surface area contributed by atoms with E-state index in [0.29, 0.717) is 36.1 Å². The van der Waals surface area contributed by atoms with E-state index in [9.17, 15) is 19.8 Å². The number of Topliss-reactive ketones (excluding diaryl/α,β-unsaturated/α-hetero) is 1. The second kappa shape index (κ2) is 16.7. The molecule has 1 aliphatic rings. The van der Waals surface area contributed by atoms with Crippen molar-refractivity contribution >= 4 is 17.6 Å². The van der Waals surface area contributed by atoms with Gasteiger partial charge in [-0.15, -0.1) is 0 Å². The average molecular weight is 648 g/mol. The Balaban J connectivity index is 1.28. The second-order valence-corrected chi connectivity index (χ2v) is 12.3. The Morgan fingerprint density at radius 3 is 2.58 bits per heavy atom. The maximum Gasteiger partial charge on any atom is 0.165 e. The topological polar surface area (TPSA) is 138 Å². The predicted octanol–water partition coefficient (Wildman–Crippen LogP) is 7.62. The first-order valence-corrected chi connectivity index (χ1v) is 16.8. The van der Waals surface area contributed by atoms with Crippen LogP contribution >= 0.6 is 0 Å². The number of ether oxygens (including phenoxy) is 1. The zero-order chi connectivity index (χ0) is 33.9. The van der Waals surface area contributed by atoms with E-state index in [1.165, 1.54) is 6.42 Å². The van der Waals surface area contributed by atoms with Crippen molar-refractivity contribution in [1.82, 2.24) is 10.3 Å². The summed E-state index contributed by atoms with van der Waals surface area (Å²) in [6.45, 7) is 2.44. The van der Waals surface area contributed by atoms with Crippen molar-refractivity contribution in [2.24, 2.45) is 5.73 Å². The Hall–Kier alpha value is -5.08. The fourth-order valence-corrected chi connectivity index (χ4v) is 6.00. The molecule has 4 aromatic rings. The Labute approximate surface area is 282 Å². The highest BCUT2D eigenvalue weighted by atomic mass is 16.5. The molecule has 8 nitrogen and oxygen atoms in total. The van der Waals surface area contributed by atoms with Gasteiger partial charge < -0.3 is 31.0 Å². The van der Waals surface area contributed by atoms with Crippen LogP contribution in [0.25, 0.3) is 6.08 Å². The number of benzene rings is 3. The van der Waals surface area contributed by atoms with E-state index in [1.54, 1.807) is 42.7 Å². The maximum absolute atomic E-state index is 13.3. The number of unbranched alkanes of at least 4 members (excludes halogenated alkanes) is 3. The molecule has 3 aromatic carbocycles. The molecule has 0 saturated carbocycles. The van der Waals surface area contributed by atoms with Crippen LogP contribution in [0.1, 0.15) is 101 Å². The third kappa shape index (κ3) is 9.04. The molecule has 0 aliphatic carbocycles. The Bertz CT molecular complexity index is 1760.